The molecule has 2 aliphatic heterocycles. The number of hydrogen-bond donors (Lipinski definition) is 2. The van der Waals surface area contributed by atoms with E-state index in [1.165, 1.54) is 6.92 Å². The van der Waals surface area contributed by atoms with Crippen molar-refractivity contribution in [2.45, 2.75) is 39.3 Å². The van der Waals surface area contributed by atoms with Gasteiger partial charge in [-0.1, -0.05) is 60.7 Å². The topological polar surface area (TPSA) is 149 Å². The van der Waals surface area contributed by atoms with E-state index in [-0.39, 0.29) is 19.8 Å². The lowest BCUT2D eigenvalue weighted by Gasteiger charge is -2.03. The summed E-state index contributed by atoms with van der Waals surface area (Å²) in [7, 11) is 0. The normalized spacial score (nSPS) is 15.4. The highest BCUT2D eigenvalue weighted by Gasteiger charge is 2.13. The Bertz CT molecular complexity index is 1030. The fraction of sp³-hybridized carbons (Fsp3) is 0.286. The lowest BCUT2D eigenvalue weighted by Crippen LogP contribution is -2.14. The average Bonchev–Trinajstić information content (AvgIpc) is 3.62. The molecule has 0 aliphatic carbocycles. The smallest absolute Gasteiger partial charge is 0.338 e. The molecule has 38 heavy (non-hydrogen) atoms. The summed E-state index contributed by atoms with van der Waals surface area (Å²) in [6.45, 7) is 4.71. The van der Waals surface area contributed by atoms with Crippen LogP contribution in [0.4, 0.5) is 0 Å². The Kier molecular flexibility index (Phi) is 16.0. The molecule has 0 saturated carbocycles. The zero-order valence-electron chi connectivity index (χ0n) is 21.2. The number of benzene rings is 2. The Labute approximate surface area is 221 Å². The Morgan fingerprint density at radius 1 is 0.921 bits per heavy atom. The van der Waals surface area contributed by atoms with Gasteiger partial charge in [-0.15, -0.1) is 0 Å². The van der Waals surface area contributed by atoms with E-state index in [9.17, 15) is 19.2 Å². The van der Waals surface area contributed by atoms with Gasteiger partial charge in [-0.05, 0) is 25.0 Å². The molecule has 2 unspecified atom stereocenters. The van der Waals surface area contributed by atoms with E-state index >= 15 is 0 Å². The van der Waals surface area contributed by atoms with Crippen molar-refractivity contribution < 1.29 is 48.3 Å². The molecule has 2 N–H and O–H groups in total. The second-order valence-corrected chi connectivity index (χ2v) is 7.77. The minimum absolute atomic E-state index is 0.109. The molecule has 0 radical (unpaired) electrons. The molecule has 0 bridgehead atoms. The number of carbonyl (C=O) groups excluding carboxylic acids is 4. The predicted molar refractivity (Wildman–Crippen MR) is 136 cm³/mol. The summed E-state index contributed by atoms with van der Waals surface area (Å²) in [6, 6.07) is 18.7. The summed E-state index contributed by atoms with van der Waals surface area (Å²) in [5, 5.41) is 17.4. The molecule has 204 valence electrons. The van der Waals surface area contributed by atoms with Crippen molar-refractivity contribution in [1.29, 1.82) is 0 Å². The molecule has 2 aromatic rings. The second kappa shape index (κ2) is 19.1. The second-order valence-electron chi connectivity index (χ2n) is 7.77. The summed E-state index contributed by atoms with van der Waals surface area (Å²) in [5.74, 6) is -2.48. The van der Waals surface area contributed by atoms with Gasteiger partial charge in [-0.25, -0.2) is 19.2 Å². The molecule has 10 nitrogen and oxygen atoms in total. The van der Waals surface area contributed by atoms with Gasteiger partial charge in [0, 0.05) is 24.3 Å². The molecule has 0 amide bonds. The van der Waals surface area contributed by atoms with E-state index in [1.807, 2.05) is 60.7 Å². The van der Waals surface area contributed by atoms with E-state index in [2.05, 4.69) is 16.4 Å². The van der Waals surface area contributed by atoms with Crippen LogP contribution in [0.25, 0.3) is 0 Å². The maximum absolute atomic E-state index is 11.3. The summed E-state index contributed by atoms with van der Waals surface area (Å²) in [4.78, 5) is 42.2. The largest absolute Gasteiger partial charge is 0.460 e. The number of aliphatic hydroxyl groups is 2. The van der Waals surface area contributed by atoms with Crippen LogP contribution in [-0.4, -0.2) is 59.5 Å². The highest BCUT2D eigenvalue weighted by atomic mass is 16.6. The van der Waals surface area contributed by atoms with Crippen molar-refractivity contribution in [3.05, 3.63) is 96.1 Å². The molecule has 2 atom stereocenters. The fourth-order valence-electron chi connectivity index (χ4n) is 2.15. The number of esters is 4. The van der Waals surface area contributed by atoms with Crippen LogP contribution in [0.2, 0.25) is 0 Å². The lowest BCUT2D eigenvalue weighted by atomic mass is 10.2. The molecule has 2 heterocycles. The van der Waals surface area contributed by atoms with Gasteiger partial charge in [-0.2, -0.15) is 0 Å². The van der Waals surface area contributed by atoms with Crippen LogP contribution in [0.5, 0.6) is 0 Å². The first-order valence-electron chi connectivity index (χ1n) is 11.6. The van der Waals surface area contributed by atoms with Crippen molar-refractivity contribution >= 4 is 23.9 Å². The van der Waals surface area contributed by atoms with Crippen molar-refractivity contribution in [3.8, 4) is 0 Å². The molecule has 1 saturated heterocycles. The molecule has 2 aliphatic rings. The summed E-state index contributed by atoms with van der Waals surface area (Å²) >= 11 is 0. The predicted octanol–water partition coefficient (Wildman–Crippen LogP) is 2.42. The molecular formula is C28H32O10. The van der Waals surface area contributed by atoms with Crippen molar-refractivity contribution in [2.75, 3.05) is 13.2 Å². The van der Waals surface area contributed by atoms with Gasteiger partial charge in [0.2, 0.25) is 0 Å². The highest BCUT2D eigenvalue weighted by Crippen LogP contribution is 2.04. The number of rotatable bonds is 7. The van der Waals surface area contributed by atoms with Crippen LogP contribution >= 0.6 is 0 Å². The average molecular weight is 529 g/mol. The van der Waals surface area contributed by atoms with Crippen LogP contribution in [0.15, 0.2) is 85.0 Å². The van der Waals surface area contributed by atoms with Crippen molar-refractivity contribution in [2.24, 2.45) is 0 Å². The van der Waals surface area contributed by atoms with Gasteiger partial charge in [0.25, 0.3) is 0 Å². The van der Waals surface area contributed by atoms with Gasteiger partial charge in [0.05, 0.1) is 25.4 Å². The monoisotopic (exact) mass is 528 g/mol. The van der Waals surface area contributed by atoms with Crippen LogP contribution in [0.1, 0.15) is 25.0 Å². The first kappa shape index (κ1) is 31.9. The van der Waals surface area contributed by atoms with Crippen LogP contribution in [-0.2, 0) is 51.3 Å². The number of carbonyl (C=O) groups is 4. The number of aliphatic hydroxyl groups excluding tert-OH is 2. The number of epoxide rings is 1. The highest BCUT2D eigenvalue weighted by molar-refractivity contribution is 6.04. The summed E-state index contributed by atoms with van der Waals surface area (Å²) in [5.41, 5.74) is 1.83. The van der Waals surface area contributed by atoms with Crippen LogP contribution in [0, 0.1) is 0 Å². The van der Waals surface area contributed by atoms with E-state index in [4.69, 9.17) is 19.7 Å². The van der Waals surface area contributed by atoms with Gasteiger partial charge < -0.3 is 29.2 Å². The molecule has 4 rings (SSSR count). The van der Waals surface area contributed by atoms with Gasteiger partial charge >= 0.3 is 23.9 Å². The molecule has 0 aromatic heterocycles. The summed E-state index contributed by atoms with van der Waals surface area (Å²) < 4.78 is 18.2. The third-order valence-electron chi connectivity index (χ3n) is 4.13. The first-order valence-corrected chi connectivity index (χ1v) is 11.6. The quantitative estimate of drug-likeness (QED) is 0.180. The fourth-order valence-corrected chi connectivity index (χ4v) is 2.15. The molecular weight excluding hydrogens is 496 g/mol. The Balaban J connectivity index is 0.000000306. The Hall–Kier alpha value is -4.12. The van der Waals surface area contributed by atoms with E-state index < -0.39 is 30.0 Å². The maximum atomic E-state index is 11.3. The van der Waals surface area contributed by atoms with Crippen LogP contribution < -0.4 is 0 Å². The third-order valence-corrected chi connectivity index (χ3v) is 4.13. The first-order chi connectivity index (χ1) is 18.2. The molecule has 1 fully saturated rings. The lowest BCUT2D eigenvalue weighted by molar-refractivity contribution is -0.150. The minimum atomic E-state index is -0.734. The molecule has 10 heteroatoms. The number of ether oxygens (including phenoxy) is 4. The van der Waals surface area contributed by atoms with E-state index in [0.717, 1.165) is 42.0 Å². The van der Waals surface area contributed by atoms with Gasteiger partial charge in [-0.3, -0.25) is 0 Å². The van der Waals surface area contributed by atoms with E-state index in [0.29, 0.717) is 6.10 Å². The Morgan fingerprint density at radius 3 is 1.71 bits per heavy atom. The third kappa shape index (κ3) is 18.2. The number of cyclic esters (lactones) is 2. The maximum Gasteiger partial charge on any atom is 0.338 e. The Morgan fingerprint density at radius 2 is 1.37 bits per heavy atom. The van der Waals surface area contributed by atoms with Crippen molar-refractivity contribution in [3.63, 3.8) is 0 Å². The van der Waals surface area contributed by atoms with Crippen molar-refractivity contribution in [1.82, 2.24) is 0 Å². The molecule has 2 aromatic carbocycles. The van der Waals surface area contributed by atoms with Gasteiger partial charge in [0.1, 0.15) is 13.2 Å². The van der Waals surface area contributed by atoms with Crippen LogP contribution in [0.3, 0.4) is 0 Å². The minimum Gasteiger partial charge on any atom is -0.460 e. The zero-order valence-corrected chi connectivity index (χ0v) is 21.2. The zero-order chi connectivity index (χ0) is 28.2. The van der Waals surface area contributed by atoms with Gasteiger partial charge in [0.15, 0.2) is 0 Å². The SMILES string of the molecule is CC(O)COC(=O)/C=C\C(=O)OCc1ccccc1.CC1CO1.O=C1C=CC(=O)O1.OCc1ccccc1. The molecule has 0 spiro atoms. The summed E-state index contributed by atoms with van der Waals surface area (Å²) in [6.07, 6.45) is 3.98. The van der Waals surface area contributed by atoms with E-state index in [1.54, 1.807) is 0 Å². The standard InChI is InChI=1S/C14H16O5.C7H8O.C4H2O3.C3H6O/c1-11(15)9-18-13(16)7-8-14(17)19-10-12-5-3-2-4-6-12;8-6-7-4-2-1-3-5-7;5-3-1-2-4(6)7-3;1-3-2-4-3/h2-8,11,15H,9-10H2,1H3;1-5,8H,6H2;1-2H;3H,2H2,1H3/b8-7-;;;. The number of hydrogen-bond acceptors (Lipinski definition) is 10.